The van der Waals surface area contributed by atoms with Crippen LogP contribution in [0.2, 0.25) is 5.02 Å². The molecule has 0 aliphatic heterocycles. The van der Waals surface area contributed by atoms with E-state index in [0.717, 1.165) is 25.7 Å². The molecule has 0 unspecified atom stereocenters. The number of hydrogen-bond acceptors (Lipinski definition) is 5. The lowest BCUT2D eigenvalue weighted by Gasteiger charge is -2.16. The van der Waals surface area contributed by atoms with E-state index in [4.69, 9.17) is 16.3 Å². The molecule has 1 saturated carbocycles. The highest BCUT2D eigenvalue weighted by atomic mass is 35.5. The van der Waals surface area contributed by atoms with Crippen molar-refractivity contribution in [1.82, 2.24) is 14.9 Å². The van der Waals surface area contributed by atoms with E-state index >= 15 is 0 Å². The van der Waals surface area contributed by atoms with Crippen molar-refractivity contribution >= 4 is 40.2 Å². The molecule has 1 fully saturated rings. The number of nitrogens with one attached hydrogen (secondary N) is 1. The lowest BCUT2D eigenvalue weighted by Crippen LogP contribution is -2.34. The normalized spacial score (nSPS) is 14.2. The predicted molar refractivity (Wildman–Crippen MR) is 120 cm³/mol. The minimum Gasteiger partial charge on any atom is -0.495 e. The molecular weight excluding hydrogens is 422 g/mol. The highest BCUT2D eigenvalue weighted by Gasteiger charge is 2.20. The van der Waals surface area contributed by atoms with Gasteiger partial charge in [-0.1, -0.05) is 48.3 Å². The van der Waals surface area contributed by atoms with Gasteiger partial charge in [0.1, 0.15) is 5.75 Å². The smallest absolute Gasteiger partial charge is 0.266 e. The van der Waals surface area contributed by atoms with Gasteiger partial charge in [-0.25, -0.2) is 4.98 Å². The van der Waals surface area contributed by atoms with E-state index in [1.165, 1.54) is 16.3 Å². The van der Waals surface area contributed by atoms with Crippen LogP contribution in [-0.2, 0) is 4.79 Å². The van der Waals surface area contributed by atoms with Crippen LogP contribution in [0.25, 0.3) is 16.6 Å². The van der Waals surface area contributed by atoms with Gasteiger partial charge in [-0.3, -0.25) is 14.2 Å². The number of benzene rings is 2. The Balaban J connectivity index is 1.74. The molecule has 0 radical (unpaired) electrons. The molecule has 1 heterocycles. The minimum atomic E-state index is -0.236. The molecule has 1 N–H and O–H groups in total. The molecule has 4 rings (SSSR count). The first-order valence-electron chi connectivity index (χ1n) is 9.84. The van der Waals surface area contributed by atoms with Crippen molar-refractivity contribution < 1.29 is 9.53 Å². The number of nitrogens with zero attached hydrogens (tertiary/aromatic N) is 2. The van der Waals surface area contributed by atoms with Gasteiger partial charge < -0.3 is 10.1 Å². The fraction of sp³-hybridized carbons (Fsp3) is 0.318. The molecule has 30 heavy (non-hydrogen) atoms. The van der Waals surface area contributed by atoms with Crippen molar-refractivity contribution in [2.24, 2.45) is 0 Å². The fourth-order valence-electron chi connectivity index (χ4n) is 3.73. The Morgan fingerprint density at radius 2 is 2.03 bits per heavy atom. The Hall–Kier alpha value is -2.51. The third kappa shape index (κ3) is 4.32. The number of methoxy groups -OCH3 is 1. The third-order valence-corrected chi connectivity index (χ3v) is 6.35. The van der Waals surface area contributed by atoms with Crippen LogP contribution in [0.5, 0.6) is 5.75 Å². The largest absolute Gasteiger partial charge is 0.495 e. The Kier molecular flexibility index (Phi) is 6.29. The van der Waals surface area contributed by atoms with Crippen molar-refractivity contribution in [1.29, 1.82) is 0 Å². The van der Waals surface area contributed by atoms with Gasteiger partial charge in [-0.2, -0.15) is 0 Å². The first-order valence-corrected chi connectivity index (χ1v) is 11.2. The van der Waals surface area contributed by atoms with Gasteiger partial charge in [0.2, 0.25) is 5.91 Å². The molecule has 8 heteroatoms. The van der Waals surface area contributed by atoms with Crippen LogP contribution in [0.1, 0.15) is 25.7 Å². The number of thioether (sulfide) groups is 1. The maximum Gasteiger partial charge on any atom is 0.266 e. The highest BCUT2D eigenvalue weighted by Crippen LogP contribution is 2.28. The zero-order chi connectivity index (χ0) is 21.1. The second-order valence-electron chi connectivity index (χ2n) is 7.21. The van der Waals surface area contributed by atoms with E-state index < -0.39 is 0 Å². The Morgan fingerprint density at radius 1 is 1.27 bits per heavy atom. The summed E-state index contributed by atoms with van der Waals surface area (Å²) in [6, 6.07) is 12.5. The van der Waals surface area contributed by atoms with Gasteiger partial charge in [-0.15, -0.1) is 0 Å². The van der Waals surface area contributed by atoms with E-state index in [9.17, 15) is 9.59 Å². The number of amides is 1. The van der Waals surface area contributed by atoms with Gasteiger partial charge in [0, 0.05) is 11.1 Å². The summed E-state index contributed by atoms with van der Waals surface area (Å²) in [6.07, 6.45) is 4.35. The van der Waals surface area contributed by atoms with E-state index in [1.54, 1.807) is 37.4 Å². The van der Waals surface area contributed by atoms with Crippen LogP contribution < -0.4 is 15.6 Å². The summed E-state index contributed by atoms with van der Waals surface area (Å²) >= 11 is 7.34. The zero-order valence-electron chi connectivity index (χ0n) is 16.6. The van der Waals surface area contributed by atoms with Gasteiger partial charge in [0.15, 0.2) is 5.16 Å². The lowest BCUT2D eigenvalue weighted by molar-refractivity contribution is -0.119. The molecule has 0 bridgehead atoms. The van der Waals surface area contributed by atoms with Gasteiger partial charge in [0.05, 0.1) is 29.5 Å². The first kappa shape index (κ1) is 20.8. The maximum atomic E-state index is 13.4. The number of carbonyl (C=O) groups is 1. The third-order valence-electron chi connectivity index (χ3n) is 5.18. The predicted octanol–water partition coefficient (Wildman–Crippen LogP) is 4.20. The zero-order valence-corrected chi connectivity index (χ0v) is 18.1. The highest BCUT2D eigenvalue weighted by molar-refractivity contribution is 7.99. The number of hydrogen-bond donors (Lipinski definition) is 1. The maximum absolute atomic E-state index is 13.4. The van der Waals surface area contributed by atoms with Crippen LogP contribution in [0, 0.1) is 0 Å². The Bertz CT molecular complexity index is 1140. The molecule has 0 saturated heterocycles. The second-order valence-corrected chi connectivity index (χ2v) is 8.58. The molecule has 0 spiro atoms. The summed E-state index contributed by atoms with van der Waals surface area (Å²) in [5.41, 5.74) is 0.838. The van der Waals surface area contributed by atoms with Gasteiger partial charge >= 0.3 is 0 Å². The molecule has 0 atom stereocenters. The summed E-state index contributed by atoms with van der Waals surface area (Å²) in [4.78, 5) is 30.5. The summed E-state index contributed by atoms with van der Waals surface area (Å²) in [5, 5.41) is 4.44. The topological polar surface area (TPSA) is 73.2 Å². The lowest BCUT2D eigenvalue weighted by atomic mass is 10.2. The van der Waals surface area contributed by atoms with E-state index in [0.29, 0.717) is 32.5 Å². The van der Waals surface area contributed by atoms with Crippen molar-refractivity contribution in [3.8, 4) is 11.4 Å². The fourth-order valence-corrected chi connectivity index (χ4v) is 4.71. The Labute approximate surface area is 183 Å². The molecule has 2 aromatic carbocycles. The average molecular weight is 444 g/mol. The number of carbonyl (C=O) groups excluding carboxylic acids is 1. The molecule has 1 aliphatic carbocycles. The summed E-state index contributed by atoms with van der Waals surface area (Å²) in [7, 11) is 1.56. The average Bonchev–Trinajstić information content (AvgIpc) is 3.25. The molecule has 3 aromatic rings. The van der Waals surface area contributed by atoms with Crippen LogP contribution in [0.15, 0.2) is 52.4 Å². The minimum absolute atomic E-state index is 0.0566. The Morgan fingerprint density at radius 3 is 2.80 bits per heavy atom. The van der Waals surface area contributed by atoms with Gasteiger partial charge in [-0.05, 0) is 43.2 Å². The standard InChI is InChI=1S/C22H22ClN3O3S/c1-29-19-9-5-4-8-18(19)26-21(28)16-11-10-14(23)12-17(16)25-22(26)30-13-20(27)24-15-6-2-3-7-15/h4-5,8-12,15H,2-3,6-7,13H2,1H3,(H,24,27). The molecule has 156 valence electrons. The van der Waals surface area contributed by atoms with Crippen LogP contribution >= 0.6 is 23.4 Å². The van der Waals surface area contributed by atoms with E-state index in [1.807, 2.05) is 12.1 Å². The van der Waals surface area contributed by atoms with Gasteiger partial charge in [0.25, 0.3) is 5.56 Å². The molecule has 6 nitrogen and oxygen atoms in total. The SMILES string of the molecule is COc1ccccc1-n1c(SCC(=O)NC2CCCC2)nc2cc(Cl)ccc2c1=O. The molecule has 1 aliphatic rings. The monoisotopic (exact) mass is 443 g/mol. The van der Waals surface area contributed by atoms with Crippen LogP contribution in [0.4, 0.5) is 0 Å². The number of ether oxygens (including phenoxy) is 1. The van der Waals surface area contributed by atoms with Crippen LogP contribution in [-0.4, -0.2) is 34.4 Å². The van der Waals surface area contributed by atoms with Crippen molar-refractivity contribution in [3.63, 3.8) is 0 Å². The number of rotatable bonds is 6. The molecular formula is C22H22ClN3O3S. The summed E-state index contributed by atoms with van der Waals surface area (Å²) in [5.74, 6) is 0.662. The summed E-state index contributed by atoms with van der Waals surface area (Å²) < 4.78 is 6.96. The number of fused-ring (bicyclic) bond motifs is 1. The number of para-hydroxylation sites is 2. The molecule has 1 amide bonds. The van der Waals surface area contributed by atoms with Crippen molar-refractivity contribution in [3.05, 3.63) is 57.8 Å². The number of halogens is 1. The first-order chi connectivity index (χ1) is 14.6. The van der Waals surface area contributed by atoms with Crippen molar-refractivity contribution in [2.75, 3.05) is 12.9 Å². The van der Waals surface area contributed by atoms with Crippen LogP contribution in [0.3, 0.4) is 0 Å². The summed E-state index contributed by atoms with van der Waals surface area (Å²) in [6.45, 7) is 0. The van der Waals surface area contributed by atoms with Crippen molar-refractivity contribution in [2.45, 2.75) is 36.9 Å². The van der Waals surface area contributed by atoms with E-state index in [-0.39, 0.29) is 23.3 Å². The van der Waals surface area contributed by atoms with E-state index in [2.05, 4.69) is 10.3 Å². The second kappa shape index (κ2) is 9.10. The molecule has 1 aromatic heterocycles. The quantitative estimate of drug-likeness (QED) is 0.456. The number of aromatic nitrogens is 2.